The fourth-order valence-electron chi connectivity index (χ4n) is 6.38. The lowest BCUT2D eigenvalue weighted by atomic mass is 9.94. The smallest absolute Gasteiger partial charge is 0.261 e. The summed E-state index contributed by atoms with van der Waals surface area (Å²) in [6.07, 6.45) is -2.15. The molecule has 0 spiro atoms. The largest absolute Gasteiger partial charge is 0.405 e. The maximum absolute atomic E-state index is 13.9. The predicted octanol–water partition coefficient (Wildman–Crippen LogP) is 6.03. The zero-order valence-corrected chi connectivity index (χ0v) is 28.6. The molecule has 0 saturated carbocycles. The zero-order chi connectivity index (χ0) is 32.6. The summed E-state index contributed by atoms with van der Waals surface area (Å²) in [5.74, 6) is -0.228. The SMILES string of the molecule is CC(C)O[C@H]1[C@H](OCc2ccccc2)[C@@H](OCc2ccccc2)C(=O)N[C@@H]1CO[Si](c1ccccc1)(c1ccccc1)C(C)(C)C. The van der Waals surface area contributed by atoms with Crippen LogP contribution in [0.2, 0.25) is 5.04 Å². The van der Waals surface area contributed by atoms with Crippen LogP contribution < -0.4 is 15.7 Å². The molecule has 0 unspecified atom stereocenters. The van der Waals surface area contributed by atoms with Crippen LogP contribution in [-0.2, 0) is 36.6 Å². The average molecular weight is 638 g/mol. The number of rotatable bonds is 13. The van der Waals surface area contributed by atoms with Gasteiger partial charge in [0.05, 0.1) is 32.0 Å². The van der Waals surface area contributed by atoms with E-state index in [9.17, 15) is 4.79 Å². The number of nitrogens with one attached hydrogen (secondary N) is 1. The molecule has 242 valence electrons. The summed E-state index contributed by atoms with van der Waals surface area (Å²) in [7, 11) is -2.87. The number of ether oxygens (including phenoxy) is 3. The number of hydrogen-bond donors (Lipinski definition) is 1. The molecule has 4 aromatic carbocycles. The monoisotopic (exact) mass is 637 g/mol. The van der Waals surface area contributed by atoms with E-state index in [2.05, 4.69) is 74.6 Å². The highest BCUT2D eigenvalue weighted by Gasteiger charge is 2.53. The Morgan fingerprint density at radius 2 is 1.13 bits per heavy atom. The van der Waals surface area contributed by atoms with Gasteiger partial charge in [-0.1, -0.05) is 142 Å². The standard InChI is InChI=1S/C39H47NO5Si/c1-29(2)45-35-34(28-44-46(39(3,4)5,32-22-14-8-15-23-32)33-24-16-9-17-25-33)40-38(41)37(43-27-31-20-12-7-13-21-31)36(35)42-26-30-18-10-6-11-19-30/h6-25,29,34-37H,26-28H2,1-5H3,(H,40,41)/t34-,35-,36+,37-/m1/s1. The minimum atomic E-state index is -2.87. The Morgan fingerprint density at radius 1 is 0.674 bits per heavy atom. The summed E-state index contributed by atoms with van der Waals surface area (Å²) in [5.41, 5.74) is 1.99. The molecule has 6 nitrogen and oxygen atoms in total. The summed E-state index contributed by atoms with van der Waals surface area (Å²) in [6.45, 7) is 11.6. The highest BCUT2D eigenvalue weighted by Crippen LogP contribution is 2.37. The van der Waals surface area contributed by atoms with Gasteiger partial charge in [-0.2, -0.15) is 0 Å². The lowest BCUT2D eigenvalue weighted by Gasteiger charge is -2.46. The third-order valence-corrected chi connectivity index (χ3v) is 13.5. The van der Waals surface area contributed by atoms with Gasteiger partial charge in [0.1, 0.15) is 12.2 Å². The van der Waals surface area contributed by atoms with Crippen LogP contribution in [0.15, 0.2) is 121 Å². The number of amides is 1. The van der Waals surface area contributed by atoms with Crippen LogP contribution >= 0.6 is 0 Å². The minimum absolute atomic E-state index is 0.118. The first-order chi connectivity index (χ1) is 22.2. The maximum atomic E-state index is 13.9. The molecule has 5 rings (SSSR count). The molecule has 1 saturated heterocycles. The number of piperidine rings is 1. The molecular weight excluding hydrogens is 591 g/mol. The predicted molar refractivity (Wildman–Crippen MR) is 186 cm³/mol. The van der Waals surface area contributed by atoms with Gasteiger partial charge in [0.25, 0.3) is 14.2 Å². The average Bonchev–Trinajstić information content (AvgIpc) is 3.06. The maximum Gasteiger partial charge on any atom is 0.261 e. The van der Waals surface area contributed by atoms with Crippen molar-refractivity contribution in [3.63, 3.8) is 0 Å². The van der Waals surface area contributed by atoms with Gasteiger partial charge in [-0.15, -0.1) is 0 Å². The van der Waals surface area contributed by atoms with Crippen LogP contribution in [0, 0.1) is 0 Å². The van der Waals surface area contributed by atoms with Crippen LogP contribution in [0.5, 0.6) is 0 Å². The van der Waals surface area contributed by atoms with Crippen molar-refractivity contribution in [3.8, 4) is 0 Å². The van der Waals surface area contributed by atoms with Gasteiger partial charge in [-0.25, -0.2) is 0 Å². The second kappa shape index (κ2) is 15.3. The topological polar surface area (TPSA) is 66.0 Å². The first kappa shape index (κ1) is 33.8. The Kier molecular flexibility index (Phi) is 11.3. The fraction of sp³-hybridized carbons (Fsp3) is 0.359. The van der Waals surface area contributed by atoms with Crippen LogP contribution in [0.25, 0.3) is 0 Å². The molecule has 0 aliphatic carbocycles. The molecule has 4 aromatic rings. The van der Waals surface area contributed by atoms with Gasteiger partial charge >= 0.3 is 0 Å². The third kappa shape index (κ3) is 7.85. The van der Waals surface area contributed by atoms with Crippen molar-refractivity contribution in [2.45, 2.75) is 83.3 Å². The Morgan fingerprint density at radius 3 is 1.59 bits per heavy atom. The van der Waals surface area contributed by atoms with Crippen LogP contribution in [-0.4, -0.2) is 51.3 Å². The van der Waals surface area contributed by atoms with E-state index < -0.39 is 32.7 Å². The molecule has 0 bridgehead atoms. The van der Waals surface area contributed by atoms with Crippen molar-refractivity contribution in [2.75, 3.05) is 6.61 Å². The Bertz CT molecular complexity index is 1460. The first-order valence-electron chi connectivity index (χ1n) is 16.2. The minimum Gasteiger partial charge on any atom is -0.405 e. The van der Waals surface area contributed by atoms with Gasteiger partial charge in [0.15, 0.2) is 6.10 Å². The van der Waals surface area contributed by atoms with E-state index in [0.717, 1.165) is 11.1 Å². The van der Waals surface area contributed by atoms with Gasteiger partial charge in [0, 0.05) is 0 Å². The number of hydrogen-bond acceptors (Lipinski definition) is 5. The molecule has 0 aromatic heterocycles. The Labute approximate surface area is 275 Å². The normalized spacial score (nSPS) is 20.4. The van der Waals surface area contributed by atoms with E-state index in [1.165, 1.54) is 10.4 Å². The van der Waals surface area contributed by atoms with Gasteiger partial charge in [0.2, 0.25) is 0 Å². The second-order valence-corrected chi connectivity index (χ2v) is 17.5. The lowest BCUT2D eigenvalue weighted by Crippen LogP contribution is -2.70. The van der Waals surface area contributed by atoms with Crippen LogP contribution in [0.3, 0.4) is 0 Å². The summed E-state index contributed by atoms with van der Waals surface area (Å²) >= 11 is 0. The molecule has 1 amide bonds. The van der Waals surface area contributed by atoms with E-state index in [1.807, 2.05) is 86.6 Å². The van der Waals surface area contributed by atoms with Gasteiger partial charge in [-0.05, 0) is 40.4 Å². The molecule has 0 radical (unpaired) electrons. The molecule has 1 N–H and O–H groups in total. The summed E-state index contributed by atoms with van der Waals surface area (Å²) < 4.78 is 26.8. The fourth-order valence-corrected chi connectivity index (χ4v) is 11.0. The van der Waals surface area contributed by atoms with Gasteiger partial charge < -0.3 is 24.0 Å². The molecule has 1 heterocycles. The quantitative estimate of drug-likeness (QED) is 0.182. The molecule has 1 fully saturated rings. The van der Waals surface area contributed by atoms with E-state index in [4.69, 9.17) is 18.6 Å². The highest BCUT2D eigenvalue weighted by atomic mass is 28.4. The molecular formula is C39H47NO5Si. The Hall–Kier alpha value is -3.59. The van der Waals surface area contributed by atoms with Gasteiger partial charge in [-0.3, -0.25) is 4.79 Å². The summed E-state index contributed by atoms with van der Waals surface area (Å²) in [4.78, 5) is 13.9. The van der Waals surface area contributed by atoms with E-state index in [0.29, 0.717) is 6.61 Å². The van der Waals surface area contributed by atoms with Crippen molar-refractivity contribution >= 4 is 24.6 Å². The number of carbonyl (C=O) groups is 1. The van der Waals surface area contributed by atoms with Crippen molar-refractivity contribution in [1.82, 2.24) is 5.32 Å². The number of carbonyl (C=O) groups excluding carboxylic acids is 1. The van der Waals surface area contributed by atoms with Crippen molar-refractivity contribution in [3.05, 3.63) is 132 Å². The molecule has 4 atom stereocenters. The molecule has 46 heavy (non-hydrogen) atoms. The summed E-state index contributed by atoms with van der Waals surface area (Å²) in [5, 5.41) is 5.38. The van der Waals surface area contributed by atoms with E-state index in [1.54, 1.807) is 0 Å². The van der Waals surface area contributed by atoms with Crippen molar-refractivity contribution in [2.24, 2.45) is 0 Å². The second-order valence-electron chi connectivity index (χ2n) is 13.2. The molecule has 1 aliphatic heterocycles. The lowest BCUT2D eigenvalue weighted by molar-refractivity contribution is -0.193. The van der Waals surface area contributed by atoms with Crippen molar-refractivity contribution in [1.29, 1.82) is 0 Å². The number of benzene rings is 4. The Balaban J connectivity index is 1.49. The molecule has 7 heteroatoms. The summed E-state index contributed by atoms with van der Waals surface area (Å²) in [6, 6.07) is 40.4. The highest BCUT2D eigenvalue weighted by molar-refractivity contribution is 6.99. The third-order valence-electron chi connectivity index (χ3n) is 8.49. The van der Waals surface area contributed by atoms with Crippen LogP contribution in [0.4, 0.5) is 0 Å². The first-order valence-corrected chi connectivity index (χ1v) is 18.1. The zero-order valence-electron chi connectivity index (χ0n) is 27.6. The van der Waals surface area contributed by atoms with Crippen molar-refractivity contribution < 1.29 is 23.4 Å². The van der Waals surface area contributed by atoms with E-state index in [-0.39, 0.29) is 30.3 Å². The van der Waals surface area contributed by atoms with E-state index >= 15 is 0 Å². The molecule has 1 aliphatic rings. The van der Waals surface area contributed by atoms with Crippen LogP contribution in [0.1, 0.15) is 45.7 Å².